The lowest BCUT2D eigenvalue weighted by Crippen LogP contribution is -2.42. The third kappa shape index (κ3) is 4.65. The number of nitrogens with zero attached hydrogens (tertiary/aromatic N) is 1. The summed E-state index contributed by atoms with van der Waals surface area (Å²) < 4.78 is 6.36. The molecule has 2 aliphatic carbocycles. The number of hydrogen-bond acceptors (Lipinski definition) is 4. The second-order valence-electron chi connectivity index (χ2n) is 10.9. The van der Waals surface area contributed by atoms with Gasteiger partial charge in [-0.05, 0) is 74.3 Å². The maximum Gasteiger partial charge on any atom is 0.234 e. The van der Waals surface area contributed by atoms with Gasteiger partial charge in [0.15, 0.2) is 0 Å². The summed E-state index contributed by atoms with van der Waals surface area (Å²) in [6.07, 6.45) is 11.7. The molecule has 0 aromatic heterocycles. The highest BCUT2D eigenvalue weighted by Gasteiger charge is 2.57. The van der Waals surface area contributed by atoms with E-state index in [9.17, 15) is 14.7 Å². The van der Waals surface area contributed by atoms with Crippen molar-refractivity contribution in [1.82, 2.24) is 4.90 Å². The van der Waals surface area contributed by atoms with E-state index in [1.807, 2.05) is 6.07 Å². The topological polar surface area (TPSA) is 66.8 Å². The number of rotatable bonds is 7. The molecule has 4 atom stereocenters. The molecule has 1 aromatic rings. The molecular formula is C30H38ClNO4. The van der Waals surface area contributed by atoms with E-state index in [1.54, 1.807) is 17.0 Å². The fraction of sp³-hybridized carbons (Fsp3) is 0.600. The molecule has 2 amide bonds. The third-order valence-corrected chi connectivity index (χ3v) is 9.26. The van der Waals surface area contributed by atoms with Gasteiger partial charge in [0, 0.05) is 12.0 Å². The minimum absolute atomic E-state index is 0.00257. The number of benzene rings is 1. The van der Waals surface area contributed by atoms with Crippen LogP contribution in [0.25, 0.3) is 6.08 Å². The van der Waals surface area contributed by atoms with Crippen LogP contribution in [0.4, 0.5) is 0 Å². The Kier molecular flexibility index (Phi) is 7.60. The Hall–Kier alpha value is -2.11. The van der Waals surface area contributed by atoms with Crippen molar-refractivity contribution in [3.63, 3.8) is 0 Å². The van der Waals surface area contributed by atoms with Crippen LogP contribution in [0.5, 0.6) is 5.75 Å². The minimum atomic E-state index is -0.244. The van der Waals surface area contributed by atoms with Gasteiger partial charge in [-0.2, -0.15) is 0 Å². The van der Waals surface area contributed by atoms with Crippen LogP contribution in [0.15, 0.2) is 34.9 Å². The number of fused-ring (bicyclic) bond motifs is 3. The van der Waals surface area contributed by atoms with Crippen LogP contribution in [0.3, 0.4) is 0 Å². The average Bonchev–Trinajstić information content (AvgIpc) is 3.41. The first kappa shape index (κ1) is 25.5. The van der Waals surface area contributed by atoms with Crippen LogP contribution in [-0.2, 0) is 14.3 Å². The molecule has 5 nitrogen and oxygen atoms in total. The van der Waals surface area contributed by atoms with Gasteiger partial charge >= 0.3 is 0 Å². The molecule has 0 bridgehead atoms. The number of halogens is 1. The average molecular weight is 512 g/mol. The fourth-order valence-corrected chi connectivity index (χ4v) is 7.29. The predicted molar refractivity (Wildman–Crippen MR) is 141 cm³/mol. The molecule has 194 valence electrons. The number of ether oxygens (including phenoxy) is 1. The summed E-state index contributed by atoms with van der Waals surface area (Å²) in [4.78, 5) is 28.8. The Morgan fingerprint density at radius 2 is 1.92 bits per heavy atom. The lowest BCUT2D eigenvalue weighted by molar-refractivity contribution is -0.143. The van der Waals surface area contributed by atoms with Gasteiger partial charge in [-0.25, -0.2) is 0 Å². The Balaban J connectivity index is 1.33. The molecule has 2 saturated heterocycles. The molecule has 2 aliphatic heterocycles. The largest absolute Gasteiger partial charge is 0.508 e. The highest BCUT2D eigenvalue weighted by atomic mass is 35.5. The standard InChI is InChI=1S/C30H38ClNO4/c1-3-18(14-20-11-12-22(33)16-25(20)31)10-13-26-27-19(4-2)15-23-28(24(27)17-36-26)30(35)32(29(23)34)21-8-6-5-7-9-21/h11-12,14,16,21,23-24,26,28,33H,3-10,13,15,17H2,1-2H3/b18-14+/t23-,24+,26-,28-/m1/s1. The molecule has 3 fully saturated rings. The SMILES string of the molecule is CCC1=C2[C@@H](CC/C(=C/c3ccc(O)cc3Cl)CC)OC[C@@H]2[C@@H]2C(=O)N(C3CCCCC3)C(=O)[C@@H]2C1. The summed E-state index contributed by atoms with van der Waals surface area (Å²) in [7, 11) is 0. The first-order chi connectivity index (χ1) is 17.4. The van der Waals surface area contributed by atoms with Gasteiger partial charge in [0.25, 0.3) is 0 Å². The molecule has 0 spiro atoms. The first-order valence-electron chi connectivity index (χ1n) is 13.8. The normalized spacial score (nSPS) is 29.2. The monoisotopic (exact) mass is 511 g/mol. The Morgan fingerprint density at radius 3 is 2.61 bits per heavy atom. The van der Waals surface area contributed by atoms with Gasteiger partial charge in [-0.1, -0.05) is 61.9 Å². The summed E-state index contributed by atoms with van der Waals surface area (Å²) >= 11 is 6.33. The van der Waals surface area contributed by atoms with E-state index < -0.39 is 0 Å². The minimum Gasteiger partial charge on any atom is -0.508 e. The van der Waals surface area contributed by atoms with Crippen LogP contribution >= 0.6 is 11.6 Å². The summed E-state index contributed by atoms with van der Waals surface area (Å²) in [6, 6.07) is 5.16. The van der Waals surface area contributed by atoms with E-state index in [1.165, 1.54) is 23.1 Å². The molecule has 6 heteroatoms. The van der Waals surface area contributed by atoms with Crippen LogP contribution in [0.2, 0.25) is 5.02 Å². The van der Waals surface area contributed by atoms with Gasteiger partial charge in [0.1, 0.15) is 5.75 Å². The zero-order valence-electron chi connectivity index (χ0n) is 21.5. The molecule has 36 heavy (non-hydrogen) atoms. The molecule has 4 aliphatic rings. The van der Waals surface area contributed by atoms with Crippen molar-refractivity contribution in [3.8, 4) is 5.75 Å². The number of amides is 2. The lowest BCUT2D eigenvalue weighted by atomic mass is 9.69. The number of likely N-dealkylation sites (tertiary alicyclic amines) is 1. The molecule has 1 N–H and O–H groups in total. The van der Waals surface area contributed by atoms with Crippen LogP contribution in [-0.4, -0.2) is 40.6 Å². The Bertz CT molecular complexity index is 1090. The number of carbonyl (C=O) groups excluding carboxylic acids is 2. The van der Waals surface area contributed by atoms with Crippen LogP contribution in [0.1, 0.15) is 83.6 Å². The summed E-state index contributed by atoms with van der Waals surface area (Å²) in [6.45, 7) is 4.85. The number of phenolic OH excluding ortho intramolecular Hbond substituents is 1. The lowest BCUT2D eigenvalue weighted by Gasteiger charge is -2.31. The highest BCUT2D eigenvalue weighted by molar-refractivity contribution is 6.32. The smallest absolute Gasteiger partial charge is 0.234 e. The van der Waals surface area contributed by atoms with Crippen molar-refractivity contribution < 1.29 is 19.4 Å². The number of hydrogen-bond donors (Lipinski definition) is 1. The fourth-order valence-electron chi connectivity index (χ4n) is 7.06. The number of aromatic hydroxyl groups is 1. The molecular weight excluding hydrogens is 474 g/mol. The van der Waals surface area contributed by atoms with Gasteiger partial charge in [0.2, 0.25) is 11.8 Å². The number of phenols is 1. The van der Waals surface area contributed by atoms with E-state index >= 15 is 0 Å². The van der Waals surface area contributed by atoms with Crippen molar-refractivity contribution in [3.05, 3.63) is 45.5 Å². The quantitative estimate of drug-likeness (QED) is 0.327. The van der Waals surface area contributed by atoms with Gasteiger partial charge in [-0.3, -0.25) is 14.5 Å². The summed E-state index contributed by atoms with van der Waals surface area (Å²) in [5.74, 6) is -0.103. The number of allylic oxidation sites excluding steroid dienone is 2. The summed E-state index contributed by atoms with van der Waals surface area (Å²) in [5.41, 5.74) is 4.82. The number of carbonyl (C=O) groups is 2. The van der Waals surface area contributed by atoms with Gasteiger partial charge < -0.3 is 9.84 Å². The van der Waals surface area contributed by atoms with E-state index in [0.717, 1.165) is 56.9 Å². The third-order valence-electron chi connectivity index (χ3n) is 8.93. The van der Waals surface area contributed by atoms with E-state index in [4.69, 9.17) is 16.3 Å². The predicted octanol–water partition coefficient (Wildman–Crippen LogP) is 6.68. The van der Waals surface area contributed by atoms with Crippen molar-refractivity contribution in [2.75, 3.05) is 6.61 Å². The van der Waals surface area contributed by atoms with Crippen molar-refractivity contribution in [1.29, 1.82) is 0 Å². The zero-order valence-corrected chi connectivity index (χ0v) is 22.2. The molecule has 2 heterocycles. The van der Waals surface area contributed by atoms with Crippen molar-refractivity contribution in [2.45, 2.75) is 90.2 Å². The second-order valence-corrected chi connectivity index (χ2v) is 11.3. The zero-order chi connectivity index (χ0) is 25.4. The van der Waals surface area contributed by atoms with Crippen molar-refractivity contribution in [2.24, 2.45) is 17.8 Å². The molecule has 0 radical (unpaired) electrons. The maximum atomic E-state index is 13.7. The second kappa shape index (κ2) is 10.7. The maximum absolute atomic E-state index is 13.7. The molecule has 1 saturated carbocycles. The van der Waals surface area contributed by atoms with Crippen LogP contribution < -0.4 is 0 Å². The molecule has 1 aromatic carbocycles. The Labute approximate surface area is 219 Å². The van der Waals surface area contributed by atoms with E-state index in [-0.39, 0.29) is 47.5 Å². The van der Waals surface area contributed by atoms with E-state index in [0.29, 0.717) is 18.1 Å². The summed E-state index contributed by atoms with van der Waals surface area (Å²) in [5, 5.41) is 10.2. The highest BCUT2D eigenvalue weighted by Crippen LogP contribution is 2.51. The van der Waals surface area contributed by atoms with Crippen LogP contribution in [0, 0.1) is 17.8 Å². The van der Waals surface area contributed by atoms with Gasteiger partial charge in [-0.15, -0.1) is 0 Å². The Morgan fingerprint density at radius 1 is 1.14 bits per heavy atom. The molecule has 5 rings (SSSR count). The van der Waals surface area contributed by atoms with E-state index in [2.05, 4.69) is 19.9 Å². The number of imide groups is 1. The molecule has 0 unspecified atom stereocenters. The first-order valence-corrected chi connectivity index (χ1v) is 14.2. The van der Waals surface area contributed by atoms with Gasteiger partial charge in [0.05, 0.1) is 29.6 Å². The van der Waals surface area contributed by atoms with Crippen molar-refractivity contribution >= 4 is 29.5 Å².